The lowest BCUT2D eigenvalue weighted by atomic mass is 10.2. The fraction of sp³-hybridized carbons (Fsp3) is 0.400. The molecule has 0 saturated heterocycles. The second kappa shape index (κ2) is 17.4. The average Bonchev–Trinajstić information content (AvgIpc) is 2.47. The molecule has 0 aliphatic rings. The number of hydrogen-bond acceptors (Lipinski definition) is 0. The van der Waals surface area contributed by atoms with Gasteiger partial charge in [-0.25, -0.2) is 0 Å². The summed E-state index contributed by atoms with van der Waals surface area (Å²) in [5, 5.41) is 0. The molecule has 0 atom stereocenters. The first kappa shape index (κ1) is 18.4. The van der Waals surface area contributed by atoms with Gasteiger partial charge in [0.1, 0.15) is 0 Å². The van der Waals surface area contributed by atoms with Gasteiger partial charge in [-0.15, -0.1) is 0 Å². The highest BCUT2D eigenvalue weighted by Crippen LogP contribution is 1.96. The Labute approximate surface area is 126 Å². The second-order valence-electron chi connectivity index (χ2n) is 4.51. The van der Waals surface area contributed by atoms with Crippen molar-refractivity contribution in [3.8, 4) is 0 Å². The van der Waals surface area contributed by atoms with E-state index < -0.39 is 0 Å². The van der Waals surface area contributed by atoms with E-state index in [9.17, 15) is 0 Å². The van der Waals surface area contributed by atoms with Crippen molar-refractivity contribution in [2.24, 2.45) is 0 Å². The van der Waals surface area contributed by atoms with E-state index in [4.69, 9.17) is 0 Å². The van der Waals surface area contributed by atoms with Gasteiger partial charge in [-0.3, -0.25) is 0 Å². The van der Waals surface area contributed by atoms with Crippen molar-refractivity contribution in [2.45, 2.75) is 52.4 Å². The molecule has 0 nitrogen and oxygen atoms in total. The predicted molar refractivity (Wildman–Crippen MR) is 93.9 cm³/mol. The fourth-order valence-corrected chi connectivity index (χ4v) is 1.56. The SMILES string of the molecule is CC=CCC=CCC=CCC=CCC=CCC=CCC. The molecule has 0 aromatic heterocycles. The quantitative estimate of drug-likeness (QED) is 0.366. The van der Waals surface area contributed by atoms with Crippen LogP contribution in [0.4, 0.5) is 0 Å². The molecule has 0 aliphatic heterocycles. The number of hydrogen-bond donors (Lipinski definition) is 0. The summed E-state index contributed by atoms with van der Waals surface area (Å²) in [5.41, 5.74) is 0. The molecule has 0 unspecified atom stereocenters. The van der Waals surface area contributed by atoms with E-state index >= 15 is 0 Å². The molecule has 0 aromatic carbocycles. The van der Waals surface area contributed by atoms with Crippen LogP contribution in [0.25, 0.3) is 0 Å². The summed E-state index contributed by atoms with van der Waals surface area (Å²) in [5.74, 6) is 0. The lowest BCUT2D eigenvalue weighted by molar-refractivity contribution is 1.19. The van der Waals surface area contributed by atoms with Crippen LogP contribution in [-0.2, 0) is 0 Å². The van der Waals surface area contributed by atoms with E-state index in [0.29, 0.717) is 0 Å². The van der Waals surface area contributed by atoms with Crippen LogP contribution in [0, 0.1) is 0 Å². The maximum atomic E-state index is 2.23. The predicted octanol–water partition coefficient (Wildman–Crippen LogP) is 6.70. The molecule has 0 fully saturated rings. The van der Waals surface area contributed by atoms with E-state index in [1.165, 1.54) is 0 Å². The summed E-state index contributed by atoms with van der Waals surface area (Å²) in [6.07, 6.45) is 32.8. The molecule has 20 heavy (non-hydrogen) atoms. The van der Waals surface area contributed by atoms with Gasteiger partial charge in [0.05, 0.1) is 0 Å². The Bertz CT molecular complexity index is 348. The lowest BCUT2D eigenvalue weighted by Gasteiger charge is -1.85. The molecule has 0 radical (unpaired) electrons. The Hall–Kier alpha value is -1.56. The molecular formula is C20H30. The van der Waals surface area contributed by atoms with Crippen LogP contribution in [0.2, 0.25) is 0 Å². The maximum absolute atomic E-state index is 2.23. The molecule has 0 N–H and O–H groups in total. The van der Waals surface area contributed by atoms with Crippen LogP contribution in [-0.4, -0.2) is 0 Å². The van der Waals surface area contributed by atoms with Crippen molar-refractivity contribution < 1.29 is 0 Å². The van der Waals surface area contributed by atoms with Crippen LogP contribution < -0.4 is 0 Å². The zero-order valence-electron chi connectivity index (χ0n) is 13.2. The zero-order valence-corrected chi connectivity index (χ0v) is 13.2. The summed E-state index contributed by atoms with van der Waals surface area (Å²) in [4.78, 5) is 0. The lowest BCUT2D eigenvalue weighted by Crippen LogP contribution is -1.64. The van der Waals surface area contributed by atoms with Gasteiger partial charge in [-0.1, -0.05) is 79.8 Å². The van der Waals surface area contributed by atoms with Gasteiger partial charge in [0.2, 0.25) is 0 Å². The second-order valence-corrected chi connectivity index (χ2v) is 4.51. The van der Waals surface area contributed by atoms with E-state index in [0.717, 1.165) is 38.5 Å². The molecular weight excluding hydrogens is 240 g/mol. The van der Waals surface area contributed by atoms with Crippen molar-refractivity contribution in [3.63, 3.8) is 0 Å². The third kappa shape index (κ3) is 16.4. The Balaban J connectivity index is 3.47. The van der Waals surface area contributed by atoms with Gasteiger partial charge in [0.15, 0.2) is 0 Å². The minimum Gasteiger partial charge on any atom is -0.0914 e. The monoisotopic (exact) mass is 270 g/mol. The van der Waals surface area contributed by atoms with Crippen LogP contribution in [0.5, 0.6) is 0 Å². The molecule has 0 rings (SSSR count). The molecule has 0 heteroatoms. The molecule has 0 bridgehead atoms. The Morgan fingerprint density at radius 3 is 1.05 bits per heavy atom. The first-order valence-electron chi connectivity index (χ1n) is 7.78. The molecule has 0 aromatic rings. The maximum Gasteiger partial charge on any atom is -0.0169 e. The molecule has 0 heterocycles. The first-order chi connectivity index (χ1) is 9.91. The van der Waals surface area contributed by atoms with Gasteiger partial charge in [0, 0.05) is 0 Å². The van der Waals surface area contributed by atoms with Gasteiger partial charge >= 0.3 is 0 Å². The molecule has 0 saturated carbocycles. The summed E-state index contributed by atoms with van der Waals surface area (Å²) in [7, 11) is 0. The largest absolute Gasteiger partial charge is 0.0914 e. The van der Waals surface area contributed by atoms with Crippen molar-refractivity contribution >= 4 is 0 Å². The third-order valence-corrected chi connectivity index (χ3v) is 2.67. The van der Waals surface area contributed by atoms with Gasteiger partial charge < -0.3 is 0 Å². The van der Waals surface area contributed by atoms with E-state index in [1.807, 2.05) is 0 Å². The topological polar surface area (TPSA) is 0 Å². The van der Waals surface area contributed by atoms with Crippen molar-refractivity contribution in [3.05, 3.63) is 72.9 Å². The van der Waals surface area contributed by atoms with Crippen LogP contribution in [0.1, 0.15) is 52.4 Å². The summed E-state index contributed by atoms with van der Waals surface area (Å²) in [6, 6.07) is 0. The standard InChI is InChI=1S/C20H30/c1-3-5-7-9-11-13-15-17-19-20-18-16-14-12-10-8-6-4-2/h3,5-6,8-9,11-12,14-15,17-18,20H,4,7,10,13,16,19H2,1-2H3. The minimum atomic E-state index is 1.03. The Kier molecular flexibility index (Phi) is 16.1. The smallest absolute Gasteiger partial charge is 0.0169 e. The Morgan fingerprint density at radius 1 is 0.450 bits per heavy atom. The van der Waals surface area contributed by atoms with E-state index in [2.05, 4.69) is 86.8 Å². The van der Waals surface area contributed by atoms with Crippen LogP contribution in [0.3, 0.4) is 0 Å². The number of rotatable bonds is 11. The first-order valence-corrected chi connectivity index (χ1v) is 7.78. The minimum absolute atomic E-state index is 1.03. The van der Waals surface area contributed by atoms with Crippen LogP contribution >= 0.6 is 0 Å². The third-order valence-electron chi connectivity index (χ3n) is 2.67. The molecule has 0 spiro atoms. The highest BCUT2D eigenvalue weighted by molar-refractivity contribution is 5.01. The van der Waals surface area contributed by atoms with E-state index in [1.54, 1.807) is 0 Å². The van der Waals surface area contributed by atoms with Crippen molar-refractivity contribution in [1.29, 1.82) is 0 Å². The van der Waals surface area contributed by atoms with Gasteiger partial charge in [-0.2, -0.15) is 0 Å². The highest BCUT2D eigenvalue weighted by Gasteiger charge is 1.75. The number of allylic oxidation sites excluding steroid dienone is 12. The summed E-state index contributed by atoms with van der Waals surface area (Å²) >= 11 is 0. The highest BCUT2D eigenvalue weighted by atomic mass is 13.8. The van der Waals surface area contributed by atoms with E-state index in [-0.39, 0.29) is 0 Å². The van der Waals surface area contributed by atoms with Gasteiger partial charge in [0.25, 0.3) is 0 Å². The summed E-state index contributed by atoms with van der Waals surface area (Å²) < 4.78 is 0. The van der Waals surface area contributed by atoms with Crippen molar-refractivity contribution in [1.82, 2.24) is 0 Å². The zero-order chi connectivity index (χ0) is 14.7. The van der Waals surface area contributed by atoms with Crippen molar-refractivity contribution in [2.75, 3.05) is 0 Å². The van der Waals surface area contributed by atoms with Gasteiger partial charge in [-0.05, 0) is 45.4 Å². The molecule has 0 amide bonds. The molecule has 110 valence electrons. The normalized spacial score (nSPS) is 13.5. The average molecular weight is 270 g/mol. The van der Waals surface area contributed by atoms with Crippen LogP contribution in [0.15, 0.2) is 72.9 Å². The Morgan fingerprint density at radius 2 is 0.750 bits per heavy atom. The fourth-order valence-electron chi connectivity index (χ4n) is 1.56. The molecule has 0 aliphatic carbocycles. The summed E-state index contributed by atoms with van der Waals surface area (Å²) in [6.45, 7) is 4.21.